The van der Waals surface area contributed by atoms with Crippen LogP contribution in [0.1, 0.15) is 29.4 Å². The van der Waals surface area contributed by atoms with E-state index >= 15 is 0 Å². The minimum absolute atomic E-state index is 0.0573. The molecule has 1 aromatic heterocycles. The predicted octanol–water partition coefficient (Wildman–Crippen LogP) is 2.83. The predicted molar refractivity (Wildman–Crippen MR) is 43.8 cm³/mol. The summed E-state index contributed by atoms with van der Waals surface area (Å²) in [5, 5.41) is 0. The zero-order valence-electron chi connectivity index (χ0n) is 7.73. The molecule has 0 atom stereocenters. The smallest absolute Gasteiger partial charge is 0.294 e. The third kappa shape index (κ3) is 2.31. The van der Waals surface area contributed by atoms with Gasteiger partial charge in [0.25, 0.3) is 0 Å². The van der Waals surface area contributed by atoms with Gasteiger partial charge < -0.3 is 0 Å². The molecular formula is C9H7F4NO. The van der Waals surface area contributed by atoms with Crippen molar-refractivity contribution in [3.05, 3.63) is 29.3 Å². The molecule has 0 spiro atoms. The van der Waals surface area contributed by atoms with Crippen molar-refractivity contribution >= 4 is 5.78 Å². The summed E-state index contributed by atoms with van der Waals surface area (Å²) in [5.41, 5.74) is -2.22. The molecule has 6 heteroatoms. The van der Waals surface area contributed by atoms with Crippen molar-refractivity contribution in [1.29, 1.82) is 0 Å². The quantitative estimate of drug-likeness (QED) is 0.567. The first-order valence-corrected chi connectivity index (χ1v) is 4.12. The summed E-state index contributed by atoms with van der Waals surface area (Å²) >= 11 is 0. The number of aromatic nitrogens is 1. The van der Waals surface area contributed by atoms with E-state index in [9.17, 15) is 22.4 Å². The van der Waals surface area contributed by atoms with Gasteiger partial charge in [0, 0.05) is 12.6 Å². The summed E-state index contributed by atoms with van der Waals surface area (Å²) < 4.78 is 49.7. The normalized spacial score (nSPS) is 11.5. The molecule has 0 fully saturated rings. The SMILES string of the molecule is CCC(=O)c1ccnc(C(F)(F)F)c1F. The van der Waals surface area contributed by atoms with Crippen LogP contribution in [0.5, 0.6) is 0 Å². The molecule has 0 aliphatic carbocycles. The molecule has 0 aliphatic rings. The Morgan fingerprint density at radius 2 is 2.07 bits per heavy atom. The van der Waals surface area contributed by atoms with Crippen molar-refractivity contribution in [2.75, 3.05) is 0 Å². The molecule has 0 saturated heterocycles. The lowest BCUT2D eigenvalue weighted by Gasteiger charge is -2.08. The summed E-state index contributed by atoms with van der Waals surface area (Å²) in [7, 11) is 0. The molecule has 0 saturated carbocycles. The molecule has 0 radical (unpaired) electrons. The molecule has 0 bridgehead atoms. The number of carbonyl (C=O) groups excluding carboxylic acids is 1. The van der Waals surface area contributed by atoms with Crippen LogP contribution in [0.4, 0.5) is 17.6 Å². The number of alkyl halides is 3. The van der Waals surface area contributed by atoms with Crippen LogP contribution in [-0.4, -0.2) is 10.8 Å². The number of halogens is 4. The standard InChI is InChI=1S/C9H7F4NO/c1-2-6(15)5-3-4-14-8(7(5)10)9(11,12)13/h3-4H,2H2,1H3. The Morgan fingerprint density at radius 3 is 2.53 bits per heavy atom. The first kappa shape index (κ1) is 11.6. The molecule has 1 aromatic rings. The number of Topliss-reactive ketones (excluding diaryl/α,β-unsaturated/α-hetero) is 1. The molecule has 0 N–H and O–H groups in total. The van der Waals surface area contributed by atoms with E-state index in [2.05, 4.69) is 4.98 Å². The van der Waals surface area contributed by atoms with Gasteiger partial charge in [-0.05, 0) is 6.07 Å². The largest absolute Gasteiger partial charge is 0.436 e. The minimum Gasteiger partial charge on any atom is -0.294 e. The second-order valence-corrected chi connectivity index (χ2v) is 2.80. The van der Waals surface area contributed by atoms with E-state index in [1.165, 1.54) is 6.92 Å². The summed E-state index contributed by atoms with van der Waals surface area (Å²) in [6.45, 7) is 1.44. The van der Waals surface area contributed by atoms with E-state index in [1.54, 1.807) is 0 Å². The Morgan fingerprint density at radius 1 is 1.47 bits per heavy atom. The van der Waals surface area contributed by atoms with Crippen LogP contribution >= 0.6 is 0 Å². The van der Waals surface area contributed by atoms with Gasteiger partial charge in [-0.3, -0.25) is 4.79 Å². The molecule has 2 nitrogen and oxygen atoms in total. The van der Waals surface area contributed by atoms with Crippen LogP contribution in [0.2, 0.25) is 0 Å². The van der Waals surface area contributed by atoms with Crippen LogP contribution in [-0.2, 0) is 6.18 Å². The average molecular weight is 221 g/mol. The number of carbonyl (C=O) groups is 1. The maximum Gasteiger partial charge on any atom is 0.436 e. The highest BCUT2D eigenvalue weighted by atomic mass is 19.4. The molecule has 0 aromatic carbocycles. The van der Waals surface area contributed by atoms with Gasteiger partial charge in [-0.1, -0.05) is 6.92 Å². The first-order valence-electron chi connectivity index (χ1n) is 4.12. The van der Waals surface area contributed by atoms with E-state index in [0.717, 1.165) is 12.3 Å². The number of hydrogen-bond acceptors (Lipinski definition) is 2. The molecule has 82 valence electrons. The van der Waals surface area contributed by atoms with Gasteiger partial charge in [0.15, 0.2) is 17.3 Å². The zero-order valence-corrected chi connectivity index (χ0v) is 7.73. The summed E-state index contributed by atoms with van der Waals surface area (Å²) in [4.78, 5) is 14.0. The van der Waals surface area contributed by atoms with E-state index < -0.39 is 29.0 Å². The number of ketones is 1. The molecule has 0 aliphatic heterocycles. The van der Waals surface area contributed by atoms with Crippen LogP contribution in [0.15, 0.2) is 12.3 Å². The molecular weight excluding hydrogens is 214 g/mol. The lowest BCUT2D eigenvalue weighted by molar-refractivity contribution is -0.143. The topological polar surface area (TPSA) is 30.0 Å². The second-order valence-electron chi connectivity index (χ2n) is 2.80. The van der Waals surface area contributed by atoms with Crippen molar-refractivity contribution in [2.45, 2.75) is 19.5 Å². The fraction of sp³-hybridized carbons (Fsp3) is 0.333. The Balaban J connectivity index is 3.30. The Labute approximate surface area is 82.9 Å². The van der Waals surface area contributed by atoms with Gasteiger partial charge in [0.1, 0.15) is 0 Å². The highest BCUT2D eigenvalue weighted by molar-refractivity contribution is 5.96. The van der Waals surface area contributed by atoms with E-state index in [0.29, 0.717) is 0 Å². The van der Waals surface area contributed by atoms with Crippen molar-refractivity contribution in [1.82, 2.24) is 4.98 Å². The zero-order chi connectivity index (χ0) is 11.6. The summed E-state index contributed by atoms with van der Waals surface area (Å²) in [5.74, 6) is -2.28. The Hall–Kier alpha value is -1.46. The van der Waals surface area contributed by atoms with Crippen molar-refractivity contribution in [3.63, 3.8) is 0 Å². The molecule has 0 amide bonds. The monoisotopic (exact) mass is 221 g/mol. The number of hydrogen-bond donors (Lipinski definition) is 0. The van der Waals surface area contributed by atoms with Gasteiger partial charge in [0.2, 0.25) is 0 Å². The van der Waals surface area contributed by atoms with Gasteiger partial charge in [-0.15, -0.1) is 0 Å². The van der Waals surface area contributed by atoms with Crippen LogP contribution in [0.3, 0.4) is 0 Å². The summed E-state index contributed by atoms with van der Waals surface area (Å²) in [6.07, 6.45) is -4.17. The fourth-order valence-corrected chi connectivity index (χ4v) is 1.05. The molecule has 1 rings (SSSR count). The third-order valence-corrected chi connectivity index (χ3v) is 1.78. The second kappa shape index (κ2) is 3.96. The van der Waals surface area contributed by atoms with E-state index in [1.807, 2.05) is 0 Å². The van der Waals surface area contributed by atoms with Gasteiger partial charge >= 0.3 is 6.18 Å². The number of nitrogens with zero attached hydrogens (tertiary/aromatic N) is 1. The van der Waals surface area contributed by atoms with Gasteiger partial charge in [-0.2, -0.15) is 13.2 Å². The highest BCUT2D eigenvalue weighted by Gasteiger charge is 2.37. The average Bonchev–Trinajstić information content (AvgIpc) is 2.15. The van der Waals surface area contributed by atoms with Gasteiger partial charge in [-0.25, -0.2) is 9.37 Å². The van der Waals surface area contributed by atoms with Crippen LogP contribution in [0.25, 0.3) is 0 Å². The minimum atomic E-state index is -4.88. The maximum absolute atomic E-state index is 13.2. The van der Waals surface area contributed by atoms with Gasteiger partial charge in [0.05, 0.1) is 5.56 Å². The Bertz CT molecular complexity index is 386. The fourth-order valence-electron chi connectivity index (χ4n) is 1.05. The molecule has 1 heterocycles. The van der Waals surface area contributed by atoms with Crippen LogP contribution < -0.4 is 0 Å². The number of pyridine rings is 1. The first-order chi connectivity index (χ1) is 6.88. The van der Waals surface area contributed by atoms with Crippen molar-refractivity contribution in [2.24, 2.45) is 0 Å². The third-order valence-electron chi connectivity index (χ3n) is 1.78. The van der Waals surface area contributed by atoms with Crippen molar-refractivity contribution in [3.8, 4) is 0 Å². The lowest BCUT2D eigenvalue weighted by Crippen LogP contribution is -2.14. The maximum atomic E-state index is 13.2. The highest BCUT2D eigenvalue weighted by Crippen LogP contribution is 2.30. The van der Waals surface area contributed by atoms with Crippen molar-refractivity contribution < 1.29 is 22.4 Å². The molecule has 0 unspecified atom stereocenters. The lowest BCUT2D eigenvalue weighted by atomic mass is 10.1. The summed E-state index contributed by atoms with van der Waals surface area (Å²) in [6, 6.07) is 0.941. The van der Waals surface area contributed by atoms with E-state index in [4.69, 9.17) is 0 Å². The van der Waals surface area contributed by atoms with Crippen LogP contribution in [0, 0.1) is 5.82 Å². The van der Waals surface area contributed by atoms with E-state index in [-0.39, 0.29) is 6.42 Å². The number of rotatable bonds is 2. The molecule has 15 heavy (non-hydrogen) atoms. The Kier molecular flexibility index (Phi) is 3.06.